The van der Waals surface area contributed by atoms with Crippen LogP contribution in [-0.4, -0.2) is 51.6 Å². The summed E-state index contributed by atoms with van der Waals surface area (Å²) in [5, 5.41) is 21.1. The van der Waals surface area contributed by atoms with Crippen molar-refractivity contribution in [1.29, 1.82) is 0 Å². The molecule has 0 unspecified atom stereocenters. The summed E-state index contributed by atoms with van der Waals surface area (Å²) in [7, 11) is 3.09. The van der Waals surface area contributed by atoms with Crippen LogP contribution < -0.4 is 20.6 Å². The van der Waals surface area contributed by atoms with Crippen molar-refractivity contribution in [3.05, 3.63) is 47.0 Å². The van der Waals surface area contributed by atoms with Crippen LogP contribution in [0.25, 0.3) is 16.4 Å². The Labute approximate surface area is 179 Å². The normalized spacial score (nSPS) is 11.0. The summed E-state index contributed by atoms with van der Waals surface area (Å²) in [6.07, 6.45) is 1.44. The number of ether oxygens (including phenoxy) is 2. The number of hydrogen-bond donors (Lipinski definition) is 2. The SMILES string of the molecule is COc1ccc(OC)c(/C=N\NC(=O)c2nnn(-c3nonc3N)c2-c2cccs2)c1. The van der Waals surface area contributed by atoms with Gasteiger partial charge in [0.05, 0.1) is 25.3 Å². The molecule has 0 saturated heterocycles. The van der Waals surface area contributed by atoms with Gasteiger partial charge in [0, 0.05) is 5.56 Å². The first kappa shape index (κ1) is 20.0. The quantitative estimate of drug-likeness (QED) is 0.323. The number of carbonyl (C=O) groups excluding carboxylic acids is 1. The maximum Gasteiger partial charge on any atom is 0.294 e. The molecular weight excluding hydrogens is 424 g/mol. The van der Waals surface area contributed by atoms with Crippen LogP contribution in [0.4, 0.5) is 5.82 Å². The van der Waals surface area contributed by atoms with E-state index in [4.69, 9.17) is 15.2 Å². The number of carbonyl (C=O) groups is 1. The lowest BCUT2D eigenvalue weighted by Gasteiger charge is -2.06. The summed E-state index contributed by atoms with van der Waals surface area (Å²) in [5.74, 6) is 0.744. The van der Waals surface area contributed by atoms with Gasteiger partial charge in [0.25, 0.3) is 5.91 Å². The van der Waals surface area contributed by atoms with Gasteiger partial charge in [-0.1, -0.05) is 11.3 Å². The number of nitrogen functional groups attached to an aromatic ring is 1. The minimum atomic E-state index is -0.581. The molecule has 0 bridgehead atoms. The zero-order valence-electron chi connectivity index (χ0n) is 16.3. The maximum absolute atomic E-state index is 12.8. The van der Waals surface area contributed by atoms with Crippen molar-refractivity contribution in [3.63, 3.8) is 0 Å². The molecule has 0 aliphatic carbocycles. The molecule has 1 amide bonds. The van der Waals surface area contributed by atoms with Crippen molar-refractivity contribution in [3.8, 4) is 27.9 Å². The van der Waals surface area contributed by atoms with Crippen LogP contribution in [0.3, 0.4) is 0 Å². The summed E-state index contributed by atoms with van der Waals surface area (Å²) in [5.41, 5.74) is 9.24. The minimum Gasteiger partial charge on any atom is -0.497 e. The zero-order chi connectivity index (χ0) is 21.8. The minimum absolute atomic E-state index is 0.0119. The molecule has 0 atom stereocenters. The Morgan fingerprint density at radius 2 is 2.16 bits per heavy atom. The number of methoxy groups -OCH3 is 2. The molecule has 0 saturated carbocycles. The Morgan fingerprint density at radius 3 is 2.84 bits per heavy atom. The number of hydrazone groups is 1. The van der Waals surface area contributed by atoms with Crippen molar-refractivity contribution in [2.75, 3.05) is 20.0 Å². The lowest BCUT2D eigenvalue weighted by molar-refractivity contribution is 0.0950. The Hall–Kier alpha value is -4.26. The van der Waals surface area contributed by atoms with E-state index in [1.54, 1.807) is 25.3 Å². The van der Waals surface area contributed by atoms with Gasteiger partial charge in [-0.05, 0) is 40.0 Å². The lowest BCUT2D eigenvalue weighted by Crippen LogP contribution is -2.19. The molecular formula is C18H16N8O4S. The van der Waals surface area contributed by atoms with Crippen molar-refractivity contribution in [2.45, 2.75) is 0 Å². The van der Waals surface area contributed by atoms with Gasteiger partial charge < -0.3 is 15.2 Å². The number of nitrogens with one attached hydrogen (secondary N) is 1. The molecule has 3 N–H and O–H groups in total. The number of nitrogens with zero attached hydrogens (tertiary/aromatic N) is 6. The van der Waals surface area contributed by atoms with Gasteiger partial charge in [-0.15, -0.1) is 16.4 Å². The molecule has 4 rings (SSSR count). The molecule has 1 aromatic carbocycles. The van der Waals surface area contributed by atoms with Crippen LogP contribution in [-0.2, 0) is 0 Å². The number of hydrogen-bond acceptors (Lipinski definition) is 11. The Bertz CT molecular complexity index is 1230. The highest BCUT2D eigenvalue weighted by molar-refractivity contribution is 7.13. The average Bonchev–Trinajstić information content (AvgIpc) is 3.53. The first-order chi connectivity index (χ1) is 15.1. The second kappa shape index (κ2) is 8.62. The average molecular weight is 440 g/mol. The summed E-state index contributed by atoms with van der Waals surface area (Å²) in [6.45, 7) is 0. The van der Waals surface area contributed by atoms with E-state index < -0.39 is 5.91 Å². The smallest absolute Gasteiger partial charge is 0.294 e. The fraction of sp³-hybridized carbons (Fsp3) is 0.111. The molecule has 0 fully saturated rings. The third-order valence-corrected chi connectivity index (χ3v) is 5.02. The third-order valence-electron chi connectivity index (χ3n) is 4.14. The number of rotatable bonds is 7. The van der Waals surface area contributed by atoms with E-state index in [0.717, 1.165) is 4.88 Å². The lowest BCUT2D eigenvalue weighted by atomic mass is 10.2. The molecule has 3 heterocycles. The van der Waals surface area contributed by atoms with Crippen LogP contribution in [0.2, 0.25) is 0 Å². The predicted octanol–water partition coefficient (Wildman–Crippen LogP) is 1.74. The predicted molar refractivity (Wildman–Crippen MR) is 112 cm³/mol. The van der Waals surface area contributed by atoms with E-state index in [9.17, 15) is 4.79 Å². The largest absolute Gasteiger partial charge is 0.497 e. The highest BCUT2D eigenvalue weighted by Crippen LogP contribution is 2.30. The second-order valence-electron chi connectivity index (χ2n) is 5.96. The number of aromatic nitrogens is 5. The number of benzene rings is 1. The molecule has 0 aliphatic rings. The molecule has 158 valence electrons. The van der Waals surface area contributed by atoms with Gasteiger partial charge in [0.15, 0.2) is 5.69 Å². The molecule has 0 spiro atoms. The van der Waals surface area contributed by atoms with Crippen LogP contribution >= 0.6 is 11.3 Å². The molecule has 31 heavy (non-hydrogen) atoms. The summed E-state index contributed by atoms with van der Waals surface area (Å²) >= 11 is 1.39. The third kappa shape index (κ3) is 3.93. The highest BCUT2D eigenvalue weighted by Gasteiger charge is 2.25. The molecule has 0 radical (unpaired) electrons. The fourth-order valence-electron chi connectivity index (χ4n) is 2.71. The summed E-state index contributed by atoms with van der Waals surface area (Å²) in [6, 6.07) is 8.85. The van der Waals surface area contributed by atoms with Crippen molar-refractivity contribution >= 4 is 29.3 Å². The first-order valence-electron chi connectivity index (χ1n) is 8.75. The van der Waals surface area contributed by atoms with Crippen LogP contribution in [0.15, 0.2) is 45.4 Å². The van der Waals surface area contributed by atoms with Crippen LogP contribution in [0.1, 0.15) is 16.1 Å². The molecule has 12 nitrogen and oxygen atoms in total. The van der Waals surface area contributed by atoms with Gasteiger partial charge >= 0.3 is 0 Å². The van der Waals surface area contributed by atoms with Crippen LogP contribution in [0.5, 0.6) is 11.5 Å². The maximum atomic E-state index is 12.8. The van der Waals surface area contributed by atoms with Crippen molar-refractivity contribution in [1.82, 2.24) is 30.7 Å². The molecule has 3 aromatic heterocycles. The fourth-order valence-corrected chi connectivity index (χ4v) is 3.46. The number of thiophene rings is 1. The van der Waals surface area contributed by atoms with E-state index in [2.05, 4.69) is 35.8 Å². The van der Waals surface area contributed by atoms with Gasteiger partial charge in [0.1, 0.15) is 17.2 Å². The van der Waals surface area contributed by atoms with E-state index in [0.29, 0.717) is 22.8 Å². The second-order valence-corrected chi connectivity index (χ2v) is 6.90. The van der Waals surface area contributed by atoms with E-state index in [-0.39, 0.29) is 17.3 Å². The number of nitrogens with two attached hydrogens (primary N) is 1. The Morgan fingerprint density at radius 1 is 1.29 bits per heavy atom. The van der Waals surface area contributed by atoms with E-state index in [1.807, 2.05) is 17.5 Å². The van der Waals surface area contributed by atoms with Crippen LogP contribution in [0, 0.1) is 0 Å². The molecule has 4 aromatic rings. The topological polar surface area (TPSA) is 156 Å². The standard InChI is InChI=1S/C18H16N8O4S/c1-28-11-5-6-12(29-2)10(8-11)9-20-22-18(27)14-15(13-4-3-7-31-13)26(25-21-14)17-16(19)23-30-24-17/h3-9H,1-2H3,(H2,19,23)(H,22,27)/b20-9-. The van der Waals surface area contributed by atoms with Gasteiger partial charge in [0.2, 0.25) is 11.6 Å². The Kier molecular flexibility index (Phi) is 5.57. The van der Waals surface area contributed by atoms with Gasteiger partial charge in [-0.3, -0.25) is 4.79 Å². The van der Waals surface area contributed by atoms with Gasteiger partial charge in [-0.25, -0.2) is 10.1 Å². The zero-order valence-corrected chi connectivity index (χ0v) is 17.2. The molecule has 13 heteroatoms. The monoisotopic (exact) mass is 440 g/mol. The van der Waals surface area contributed by atoms with Gasteiger partial charge in [-0.2, -0.15) is 9.78 Å². The van der Waals surface area contributed by atoms with E-state index in [1.165, 1.54) is 29.3 Å². The number of anilines is 1. The number of amides is 1. The first-order valence-corrected chi connectivity index (χ1v) is 9.63. The van der Waals surface area contributed by atoms with Crippen molar-refractivity contribution < 1.29 is 18.9 Å². The summed E-state index contributed by atoms with van der Waals surface area (Å²) in [4.78, 5) is 13.5. The highest BCUT2D eigenvalue weighted by atomic mass is 32.1. The Balaban J connectivity index is 1.64. The van der Waals surface area contributed by atoms with Crippen molar-refractivity contribution in [2.24, 2.45) is 5.10 Å². The molecule has 0 aliphatic heterocycles. The van der Waals surface area contributed by atoms with E-state index >= 15 is 0 Å². The summed E-state index contributed by atoms with van der Waals surface area (Å²) < 4.78 is 16.4.